The van der Waals surface area contributed by atoms with E-state index in [1.54, 1.807) is 11.8 Å². The van der Waals surface area contributed by atoms with Crippen LogP contribution in [0.3, 0.4) is 0 Å². The molecule has 0 amide bonds. The smallest absolute Gasteiger partial charge is 0.0810 e. The van der Waals surface area contributed by atoms with Crippen LogP contribution in [0.2, 0.25) is 0 Å². The minimum absolute atomic E-state index is 0.728. The summed E-state index contributed by atoms with van der Waals surface area (Å²) in [5.41, 5.74) is 0.571. The zero-order chi connectivity index (χ0) is 13.4. The molecule has 0 spiro atoms. The number of thioether (sulfide) groups is 1. The first-order valence-corrected chi connectivity index (χ1v) is 7.13. The molecule has 1 aromatic carbocycles. The van der Waals surface area contributed by atoms with Crippen molar-refractivity contribution in [3.63, 3.8) is 0 Å². The standard InChI is InChI=1S/C16H22OS/c1-14(2)8-7-11-16(3,17)12-13-18-15-9-5-4-6-10-15/h4-6,8-10,12-13,17H,7,11H2,1-3H3/b13-12-/t16-/m0/s1. The van der Waals surface area contributed by atoms with Crippen LogP contribution in [0.25, 0.3) is 0 Å². The Balaban J connectivity index is 2.42. The largest absolute Gasteiger partial charge is 0.386 e. The summed E-state index contributed by atoms with van der Waals surface area (Å²) in [6.07, 6.45) is 5.70. The molecule has 0 bridgehead atoms. The van der Waals surface area contributed by atoms with Crippen LogP contribution in [0.4, 0.5) is 0 Å². The Morgan fingerprint density at radius 1 is 1.28 bits per heavy atom. The van der Waals surface area contributed by atoms with E-state index in [1.807, 2.05) is 36.6 Å². The van der Waals surface area contributed by atoms with Gasteiger partial charge in [-0.15, -0.1) is 0 Å². The summed E-state index contributed by atoms with van der Waals surface area (Å²) in [7, 11) is 0. The molecule has 0 fully saturated rings. The minimum atomic E-state index is -0.728. The summed E-state index contributed by atoms with van der Waals surface area (Å²) < 4.78 is 0. The maximum atomic E-state index is 10.2. The second kappa shape index (κ2) is 7.45. The predicted molar refractivity (Wildman–Crippen MR) is 80.7 cm³/mol. The Kier molecular flexibility index (Phi) is 6.23. The zero-order valence-electron chi connectivity index (χ0n) is 11.4. The highest BCUT2D eigenvalue weighted by atomic mass is 32.2. The van der Waals surface area contributed by atoms with E-state index >= 15 is 0 Å². The molecule has 0 aliphatic carbocycles. The number of benzene rings is 1. The molecule has 1 N–H and O–H groups in total. The molecular formula is C16H22OS. The number of aliphatic hydroxyl groups is 1. The average Bonchev–Trinajstić information content (AvgIpc) is 2.29. The Morgan fingerprint density at radius 2 is 1.94 bits per heavy atom. The average molecular weight is 262 g/mol. The van der Waals surface area contributed by atoms with Crippen LogP contribution in [0.5, 0.6) is 0 Å². The van der Waals surface area contributed by atoms with Crippen molar-refractivity contribution in [3.8, 4) is 0 Å². The van der Waals surface area contributed by atoms with Crippen LogP contribution in [0, 0.1) is 0 Å². The summed E-state index contributed by atoms with van der Waals surface area (Å²) in [6.45, 7) is 6.01. The third-order valence-electron chi connectivity index (χ3n) is 2.58. The van der Waals surface area contributed by atoms with Gasteiger partial charge in [-0.05, 0) is 57.2 Å². The van der Waals surface area contributed by atoms with Crippen LogP contribution in [0.15, 0.2) is 58.4 Å². The topological polar surface area (TPSA) is 20.2 Å². The van der Waals surface area contributed by atoms with Crippen molar-refractivity contribution in [2.45, 2.75) is 44.1 Å². The molecule has 0 saturated heterocycles. The lowest BCUT2D eigenvalue weighted by molar-refractivity contribution is 0.103. The maximum Gasteiger partial charge on any atom is 0.0810 e. The summed E-state index contributed by atoms with van der Waals surface area (Å²) in [6, 6.07) is 10.2. The van der Waals surface area contributed by atoms with E-state index in [9.17, 15) is 5.11 Å². The summed E-state index contributed by atoms with van der Waals surface area (Å²) in [5, 5.41) is 12.1. The first-order chi connectivity index (χ1) is 8.49. The van der Waals surface area contributed by atoms with Gasteiger partial charge in [0.15, 0.2) is 0 Å². The van der Waals surface area contributed by atoms with Gasteiger partial charge in [0.2, 0.25) is 0 Å². The minimum Gasteiger partial charge on any atom is -0.386 e. The van der Waals surface area contributed by atoms with E-state index in [1.165, 1.54) is 10.5 Å². The van der Waals surface area contributed by atoms with Crippen LogP contribution in [-0.2, 0) is 0 Å². The van der Waals surface area contributed by atoms with Gasteiger partial charge in [-0.2, -0.15) is 0 Å². The van der Waals surface area contributed by atoms with Crippen molar-refractivity contribution in [3.05, 3.63) is 53.5 Å². The molecule has 18 heavy (non-hydrogen) atoms. The second-order valence-corrected chi connectivity index (χ2v) is 5.89. The van der Waals surface area contributed by atoms with Gasteiger partial charge >= 0.3 is 0 Å². The molecule has 1 nitrogen and oxygen atoms in total. The van der Waals surface area contributed by atoms with E-state index < -0.39 is 5.60 Å². The molecule has 0 unspecified atom stereocenters. The Hall–Kier alpha value is -0.990. The van der Waals surface area contributed by atoms with E-state index in [0.29, 0.717) is 0 Å². The Morgan fingerprint density at radius 3 is 2.56 bits per heavy atom. The third kappa shape index (κ3) is 6.67. The van der Waals surface area contributed by atoms with E-state index in [0.717, 1.165) is 12.8 Å². The number of hydrogen-bond donors (Lipinski definition) is 1. The molecule has 0 aliphatic rings. The van der Waals surface area contributed by atoms with Crippen molar-refractivity contribution in [1.82, 2.24) is 0 Å². The molecule has 98 valence electrons. The molecule has 0 aromatic heterocycles. The predicted octanol–water partition coefficient (Wildman–Crippen LogP) is 4.79. The van der Waals surface area contributed by atoms with Crippen molar-refractivity contribution < 1.29 is 5.11 Å². The van der Waals surface area contributed by atoms with Crippen LogP contribution >= 0.6 is 11.8 Å². The van der Waals surface area contributed by atoms with Crippen LogP contribution < -0.4 is 0 Å². The molecule has 1 rings (SSSR count). The first kappa shape index (κ1) is 15.1. The number of hydrogen-bond acceptors (Lipinski definition) is 2. The highest BCUT2D eigenvalue weighted by molar-refractivity contribution is 8.02. The van der Waals surface area contributed by atoms with Crippen molar-refractivity contribution >= 4 is 11.8 Å². The second-order valence-electron chi connectivity index (χ2n) is 4.91. The Labute approximate surface area is 115 Å². The fraction of sp³-hybridized carbons (Fsp3) is 0.375. The van der Waals surface area contributed by atoms with Gasteiger partial charge in [-0.3, -0.25) is 0 Å². The first-order valence-electron chi connectivity index (χ1n) is 6.25. The van der Waals surface area contributed by atoms with Gasteiger partial charge < -0.3 is 5.11 Å². The molecule has 1 aromatic rings. The van der Waals surface area contributed by atoms with Gasteiger partial charge in [-0.25, -0.2) is 0 Å². The summed E-state index contributed by atoms with van der Waals surface area (Å²) >= 11 is 1.63. The maximum absolute atomic E-state index is 10.2. The van der Waals surface area contributed by atoms with Crippen LogP contribution in [0.1, 0.15) is 33.6 Å². The Bertz CT molecular complexity index is 400. The van der Waals surface area contributed by atoms with E-state index in [4.69, 9.17) is 0 Å². The summed E-state index contributed by atoms with van der Waals surface area (Å²) in [5.74, 6) is 0. The van der Waals surface area contributed by atoms with Crippen LogP contribution in [-0.4, -0.2) is 10.7 Å². The molecule has 0 radical (unpaired) electrons. The van der Waals surface area contributed by atoms with Crippen molar-refractivity contribution in [2.24, 2.45) is 0 Å². The molecule has 2 heteroatoms. The van der Waals surface area contributed by atoms with Gasteiger partial charge in [0.05, 0.1) is 5.60 Å². The zero-order valence-corrected chi connectivity index (χ0v) is 12.2. The van der Waals surface area contributed by atoms with Gasteiger partial charge in [0, 0.05) is 4.90 Å². The number of allylic oxidation sites excluding steroid dienone is 2. The number of rotatable bonds is 6. The van der Waals surface area contributed by atoms with Gasteiger partial charge in [-0.1, -0.05) is 41.6 Å². The van der Waals surface area contributed by atoms with Gasteiger partial charge in [0.1, 0.15) is 0 Å². The molecule has 0 aliphatic heterocycles. The normalized spacial score (nSPS) is 14.4. The monoisotopic (exact) mass is 262 g/mol. The molecular weight excluding hydrogens is 240 g/mol. The molecule has 1 atom stereocenters. The highest BCUT2D eigenvalue weighted by Crippen LogP contribution is 2.22. The summed E-state index contributed by atoms with van der Waals surface area (Å²) in [4.78, 5) is 1.19. The van der Waals surface area contributed by atoms with Gasteiger partial charge in [0.25, 0.3) is 0 Å². The van der Waals surface area contributed by atoms with Crippen molar-refractivity contribution in [2.75, 3.05) is 0 Å². The fourth-order valence-electron chi connectivity index (χ4n) is 1.49. The third-order valence-corrected chi connectivity index (χ3v) is 3.39. The quantitative estimate of drug-likeness (QED) is 0.587. The lowest BCUT2D eigenvalue weighted by Crippen LogP contribution is -2.19. The molecule has 0 saturated carbocycles. The van der Waals surface area contributed by atoms with E-state index in [-0.39, 0.29) is 0 Å². The molecule has 0 heterocycles. The lowest BCUT2D eigenvalue weighted by Gasteiger charge is -2.17. The highest BCUT2D eigenvalue weighted by Gasteiger charge is 2.14. The van der Waals surface area contributed by atoms with Crippen molar-refractivity contribution in [1.29, 1.82) is 0 Å². The fourth-order valence-corrected chi connectivity index (χ4v) is 2.33. The lowest BCUT2D eigenvalue weighted by atomic mass is 10.00. The van der Waals surface area contributed by atoms with E-state index in [2.05, 4.69) is 32.1 Å². The SMILES string of the molecule is CC(C)=CCC[C@](C)(O)/C=C\Sc1ccccc1.